The van der Waals surface area contributed by atoms with Crippen LogP contribution in [-0.4, -0.2) is 41.5 Å². The van der Waals surface area contributed by atoms with Crippen LogP contribution in [0.3, 0.4) is 0 Å². The van der Waals surface area contributed by atoms with Gasteiger partial charge in [-0.1, -0.05) is 18.2 Å². The number of benzene rings is 1. The third-order valence-corrected chi connectivity index (χ3v) is 4.99. The van der Waals surface area contributed by atoms with Crippen molar-refractivity contribution in [2.24, 2.45) is 5.73 Å². The summed E-state index contributed by atoms with van der Waals surface area (Å²) in [4.78, 5) is 21.2. The Kier molecular flexibility index (Phi) is 3.94. The van der Waals surface area contributed by atoms with E-state index in [1.54, 1.807) is 6.20 Å². The van der Waals surface area contributed by atoms with E-state index < -0.39 is 0 Å². The van der Waals surface area contributed by atoms with Crippen LogP contribution in [0, 0.1) is 0 Å². The van der Waals surface area contributed by atoms with Gasteiger partial charge in [0.15, 0.2) is 0 Å². The quantitative estimate of drug-likeness (QED) is 0.922. The molecule has 2 N–H and O–H groups in total. The van der Waals surface area contributed by atoms with Crippen molar-refractivity contribution in [2.45, 2.75) is 25.3 Å². The molecule has 0 aliphatic carbocycles. The normalized spacial score (nSPS) is 17.9. The van der Waals surface area contributed by atoms with Crippen molar-refractivity contribution in [1.82, 2.24) is 9.88 Å². The molecule has 2 aliphatic heterocycles. The number of pyridine rings is 1. The zero-order valence-corrected chi connectivity index (χ0v) is 13.7. The molecule has 1 fully saturated rings. The molecule has 0 atom stereocenters. The van der Waals surface area contributed by atoms with E-state index in [1.165, 1.54) is 11.3 Å². The van der Waals surface area contributed by atoms with Crippen molar-refractivity contribution in [3.8, 4) is 0 Å². The lowest BCUT2D eigenvalue weighted by molar-refractivity contribution is 0.0714. The van der Waals surface area contributed by atoms with Crippen molar-refractivity contribution in [1.29, 1.82) is 0 Å². The molecule has 5 nitrogen and oxygen atoms in total. The molecule has 5 heteroatoms. The highest BCUT2D eigenvalue weighted by Crippen LogP contribution is 2.33. The fraction of sp³-hybridized carbons (Fsp3) is 0.368. The number of carbonyl (C=O) groups is 1. The topological polar surface area (TPSA) is 62.5 Å². The standard InChI is InChI=1S/C19H22N4O/c20-16-8-10-22(11-9-16)19(24)15-5-6-18(21-13-15)23-12-7-14-3-1-2-4-17(14)23/h1-6,13,16H,7-12,20H2. The van der Waals surface area contributed by atoms with Gasteiger partial charge in [0.25, 0.3) is 5.91 Å². The van der Waals surface area contributed by atoms with E-state index in [1.807, 2.05) is 17.0 Å². The Labute approximate surface area is 142 Å². The minimum absolute atomic E-state index is 0.0581. The molecule has 2 aliphatic rings. The van der Waals surface area contributed by atoms with E-state index in [0.717, 1.165) is 44.7 Å². The van der Waals surface area contributed by atoms with E-state index in [4.69, 9.17) is 5.73 Å². The average molecular weight is 322 g/mol. The van der Waals surface area contributed by atoms with Crippen LogP contribution >= 0.6 is 0 Å². The lowest BCUT2D eigenvalue weighted by Crippen LogP contribution is -2.42. The van der Waals surface area contributed by atoms with Crippen LogP contribution in [0.5, 0.6) is 0 Å². The maximum Gasteiger partial charge on any atom is 0.255 e. The predicted octanol–water partition coefficient (Wildman–Crippen LogP) is 2.34. The maximum atomic E-state index is 12.6. The summed E-state index contributed by atoms with van der Waals surface area (Å²) in [6.45, 7) is 2.41. The van der Waals surface area contributed by atoms with Crippen LogP contribution < -0.4 is 10.6 Å². The number of nitrogens with two attached hydrogens (primary N) is 1. The summed E-state index contributed by atoms with van der Waals surface area (Å²) in [5, 5.41) is 0. The molecule has 0 saturated carbocycles. The fourth-order valence-corrected chi connectivity index (χ4v) is 3.53. The van der Waals surface area contributed by atoms with Gasteiger partial charge in [0.05, 0.1) is 5.56 Å². The summed E-state index contributed by atoms with van der Waals surface area (Å²) >= 11 is 0. The summed E-state index contributed by atoms with van der Waals surface area (Å²) < 4.78 is 0. The molecular formula is C19H22N4O. The summed E-state index contributed by atoms with van der Waals surface area (Å²) in [6.07, 6.45) is 4.49. The molecule has 24 heavy (non-hydrogen) atoms. The second-order valence-electron chi connectivity index (χ2n) is 6.57. The Bertz CT molecular complexity index is 735. The summed E-state index contributed by atoms with van der Waals surface area (Å²) in [5.74, 6) is 0.958. The number of likely N-dealkylation sites (tertiary alicyclic amines) is 1. The van der Waals surface area contributed by atoms with Crippen LogP contribution in [0.2, 0.25) is 0 Å². The molecule has 2 aromatic rings. The second kappa shape index (κ2) is 6.24. The van der Waals surface area contributed by atoms with Crippen LogP contribution in [0.1, 0.15) is 28.8 Å². The Morgan fingerprint density at radius 2 is 1.88 bits per heavy atom. The number of amides is 1. The number of aromatic nitrogens is 1. The monoisotopic (exact) mass is 322 g/mol. The number of para-hydroxylation sites is 1. The number of carbonyl (C=O) groups excluding carboxylic acids is 1. The first-order chi connectivity index (χ1) is 11.7. The SMILES string of the molecule is NC1CCN(C(=O)c2ccc(N3CCc4ccccc43)nc2)CC1. The Hall–Kier alpha value is -2.40. The number of hydrogen-bond donors (Lipinski definition) is 1. The van der Waals surface area contributed by atoms with Gasteiger partial charge in [-0.05, 0) is 43.0 Å². The largest absolute Gasteiger partial charge is 0.338 e. The predicted molar refractivity (Wildman–Crippen MR) is 94.5 cm³/mol. The fourth-order valence-electron chi connectivity index (χ4n) is 3.53. The van der Waals surface area contributed by atoms with E-state index in [-0.39, 0.29) is 11.9 Å². The average Bonchev–Trinajstić information content (AvgIpc) is 3.06. The summed E-state index contributed by atoms with van der Waals surface area (Å²) in [5.41, 5.74) is 9.13. The lowest BCUT2D eigenvalue weighted by atomic mass is 10.1. The van der Waals surface area contributed by atoms with Gasteiger partial charge in [0.1, 0.15) is 5.82 Å². The van der Waals surface area contributed by atoms with E-state index in [0.29, 0.717) is 5.56 Å². The van der Waals surface area contributed by atoms with Crippen LogP contribution in [0.15, 0.2) is 42.6 Å². The molecular weight excluding hydrogens is 300 g/mol. The maximum absolute atomic E-state index is 12.6. The van der Waals surface area contributed by atoms with Crippen LogP contribution in [-0.2, 0) is 6.42 Å². The van der Waals surface area contributed by atoms with Crippen molar-refractivity contribution in [3.05, 3.63) is 53.7 Å². The Morgan fingerprint density at radius 1 is 1.08 bits per heavy atom. The molecule has 0 spiro atoms. The minimum atomic E-state index is 0.0581. The minimum Gasteiger partial charge on any atom is -0.338 e. The molecule has 3 heterocycles. The highest BCUT2D eigenvalue weighted by Gasteiger charge is 2.23. The highest BCUT2D eigenvalue weighted by molar-refractivity contribution is 5.94. The number of piperidine rings is 1. The van der Waals surface area contributed by atoms with Gasteiger partial charge in [-0.3, -0.25) is 4.79 Å². The molecule has 0 bridgehead atoms. The Morgan fingerprint density at radius 3 is 2.62 bits per heavy atom. The van der Waals surface area contributed by atoms with Gasteiger partial charge < -0.3 is 15.5 Å². The second-order valence-corrected chi connectivity index (χ2v) is 6.57. The summed E-state index contributed by atoms with van der Waals surface area (Å²) in [7, 11) is 0. The van der Waals surface area contributed by atoms with Crippen molar-refractivity contribution in [3.63, 3.8) is 0 Å². The molecule has 124 valence electrons. The number of anilines is 2. The zero-order valence-electron chi connectivity index (χ0n) is 13.7. The number of rotatable bonds is 2. The molecule has 0 radical (unpaired) electrons. The van der Waals surface area contributed by atoms with Gasteiger partial charge in [0.2, 0.25) is 0 Å². The zero-order chi connectivity index (χ0) is 16.5. The van der Waals surface area contributed by atoms with Crippen molar-refractivity contribution >= 4 is 17.4 Å². The molecule has 4 rings (SSSR count). The Balaban J connectivity index is 1.50. The summed E-state index contributed by atoms with van der Waals surface area (Å²) in [6, 6.07) is 12.5. The van der Waals surface area contributed by atoms with E-state index in [2.05, 4.69) is 34.1 Å². The van der Waals surface area contributed by atoms with Crippen molar-refractivity contribution < 1.29 is 4.79 Å². The first kappa shape index (κ1) is 15.1. The van der Waals surface area contributed by atoms with Crippen molar-refractivity contribution in [2.75, 3.05) is 24.5 Å². The first-order valence-corrected chi connectivity index (χ1v) is 8.59. The molecule has 1 aromatic carbocycles. The molecule has 1 aromatic heterocycles. The molecule has 1 saturated heterocycles. The van der Waals surface area contributed by atoms with Crippen LogP contribution in [0.25, 0.3) is 0 Å². The van der Waals surface area contributed by atoms with Gasteiger partial charge in [-0.25, -0.2) is 4.98 Å². The highest BCUT2D eigenvalue weighted by atomic mass is 16.2. The van der Waals surface area contributed by atoms with E-state index in [9.17, 15) is 4.79 Å². The first-order valence-electron chi connectivity index (χ1n) is 8.59. The number of fused-ring (bicyclic) bond motifs is 1. The molecule has 0 unspecified atom stereocenters. The van der Waals surface area contributed by atoms with Gasteiger partial charge >= 0.3 is 0 Å². The van der Waals surface area contributed by atoms with Gasteiger partial charge in [0, 0.05) is 37.6 Å². The number of nitrogens with zero attached hydrogens (tertiary/aromatic N) is 3. The van der Waals surface area contributed by atoms with E-state index >= 15 is 0 Å². The van der Waals surface area contributed by atoms with Gasteiger partial charge in [-0.15, -0.1) is 0 Å². The molecule has 1 amide bonds. The third kappa shape index (κ3) is 2.76. The lowest BCUT2D eigenvalue weighted by Gasteiger charge is -2.30. The third-order valence-electron chi connectivity index (χ3n) is 4.99. The number of hydrogen-bond acceptors (Lipinski definition) is 4. The van der Waals surface area contributed by atoms with Gasteiger partial charge in [-0.2, -0.15) is 0 Å². The van der Waals surface area contributed by atoms with Crippen LogP contribution in [0.4, 0.5) is 11.5 Å². The smallest absolute Gasteiger partial charge is 0.255 e.